The van der Waals surface area contributed by atoms with Crippen molar-refractivity contribution in [3.8, 4) is 5.75 Å². The van der Waals surface area contributed by atoms with Gasteiger partial charge in [0.15, 0.2) is 0 Å². The molecule has 42 heavy (non-hydrogen) atoms. The maximum Gasteiger partial charge on any atom is 0.430 e. The molecule has 0 radical (unpaired) electrons. The molecular weight excluding hydrogens is 590 g/mol. The van der Waals surface area contributed by atoms with E-state index in [0.717, 1.165) is 72.2 Å². The van der Waals surface area contributed by atoms with Crippen molar-refractivity contribution in [2.75, 3.05) is 52.3 Å². The number of carbonyl (C=O) groups is 1. The predicted molar refractivity (Wildman–Crippen MR) is 160 cm³/mol. The number of rotatable bonds is 8. The van der Waals surface area contributed by atoms with E-state index in [-0.39, 0.29) is 29.3 Å². The standard InChI is InChI=1S/C31H40Cl2F3N3O3/c1-29(19-21-7-11-38(12-8-21)25-6-5-22(20-37(2)3)27(33)18-25)9-13-39(14-10-29)28(40)30(41,31(34,35)36)23-15-24(32)17-26(16-23)42-4/h5-6,15-18,21,41H,7-14,19-20H2,1-4H3. The van der Waals surface area contributed by atoms with Crippen molar-refractivity contribution in [3.63, 3.8) is 0 Å². The van der Waals surface area contributed by atoms with Crippen molar-refractivity contribution in [1.82, 2.24) is 9.80 Å². The van der Waals surface area contributed by atoms with Gasteiger partial charge in [0.2, 0.25) is 0 Å². The number of alkyl halides is 3. The minimum absolute atomic E-state index is 0.0229. The van der Waals surface area contributed by atoms with Gasteiger partial charge in [0.05, 0.1) is 7.11 Å². The van der Waals surface area contributed by atoms with Gasteiger partial charge in [0.25, 0.3) is 11.5 Å². The van der Waals surface area contributed by atoms with Gasteiger partial charge in [0, 0.05) is 54.0 Å². The summed E-state index contributed by atoms with van der Waals surface area (Å²) in [7, 11) is 5.30. The lowest BCUT2D eigenvalue weighted by molar-refractivity contribution is -0.262. The molecule has 0 bridgehead atoms. The van der Waals surface area contributed by atoms with Crippen molar-refractivity contribution in [2.45, 2.75) is 57.3 Å². The monoisotopic (exact) mass is 629 g/mol. The number of amides is 1. The second-order valence-electron chi connectivity index (χ2n) is 12.3. The second kappa shape index (κ2) is 12.8. The molecule has 1 atom stereocenters. The highest BCUT2D eigenvalue weighted by Gasteiger charge is 2.62. The summed E-state index contributed by atoms with van der Waals surface area (Å²) in [6.45, 7) is 5.05. The van der Waals surface area contributed by atoms with E-state index in [0.29, 0.717) is 18.8 Å². The van der Waals surface area contributed by atoms with E-state index in [1.54, 1.807) is 0 Å². The van der Waals surface area contributed by atoms with Crippen LogP contribution in [0, 0.1) is 11.3 Å². The van der Waals surface area contributed by atoms with E-state index in [9.17, 15) is 23.1 Å². The first-order chi connectivity index (χ1) is 19.6. The number of methoxy groups -OCH3 is 1. The van der Waals surface area contributed by atoms with Crippen LogP contribution in [0.1, 0.15) is 50.2 Å². The fourth-order valence-electron chi connectivity index (χ4n) is 6.27. The first-order valence-electron chi connectivity index (χ1n) is 14.3. The molecule has 1 unspecified atom stereocenters. The number of nitrogens with zero attached hydrogens (tertiary/aromatic N) is 3. The maximum atomic E-state index is 14.3. The van der Waals surface area contributed by atoms with Crippen LogP contribution in [0.5, 0.6) is 5.75 Å². The molecule has 4 rings (SSSR count). The summed E-state index contributed by atoms with van der Waals surface area (Å²) < 4.78 is 47.9. The van der Waals surface area contributed by atoms with Gasteiger partial charge in [-0.15, -0.1) is 0 Å². The van der Waals surface area contributed by atoms with Crippen molar-refractivity contribution >= 4 is 34.8 Å². The van der Waals surface area contributed by atoms with Crippen molar-refractivity contribution in [2.24, 2.45) is 11.3 Å². The van der Waals surface area contributed by atoms with Gasteiger partial charge in [-0.25, -0.2) is 0 Å². The van der Waals surface area contributed by atoms with Gasteiger partial charge < -0.3 is 24.5 Å². The van der Waals surface area contributed by atoms with Crippen LogP contribution in [0.4, 0.5) is 18.9 Å². The van der Waals surface area contributed by atoms with Crippen LogP contribution in [0.3, 0.4) is 0 Å². The number of benzene rings is 2. The van der Waals surface area contributed by atoms with Crippen LogP contribution >= 0.6 is 23.2 Å². The molecule has 0 aromatic heterocycles. The van der Waals surface area contributed by atoms with E-state index < -0.39 is 23.2 Å². The van der Waals surface area contributed by atoms with Crippen molar-refractivity contribution in [1.29, 1.82) is 0 Å². The van der Waals surface area contributed by atoms with E-state index in [2.05, 4.69) is 28.9 Å². The lowest BCUT2D eigenvalue weighted by Crippen LogP contribution is -2.57. The lowest BCUT2D eigenvalue weighted by Gasteiger charge is -2.45. The summed E-state index contributed by atoms with van der Waals surface area (Å²) in [5, 5.41) is 11.6. The van der Waals surface area contributed by atoms with Crippen LogP contribution in [-0.2, 0) is 16.9 Å². The third-order valence-corrected chi connectivity index (χ3v) is 9.36. The van der Waals surface area contributed by atoms with Crippen molar-refractivity contribution < 1.29 is 27.8 Å². The van der Waals surface area contributed by atoms with Gasteiger partial charge in [-0.3, -0.25) is 4.79 Å². The molecule has 232 valence electrons. The van der Waals surface area contributed by atoms with Gasteiger partial charge in [-0.1, -0.05) is 36.2 Å². The Labute approximate surface area is 256 Å². The summed E-state index contributed by atoms with van der Waals surface area (Å²) in [5.41, 5.74) is -2.26. The largest absolute Gasteiger partial charge is 0.497 e. The Kier molecular flexibility index (Phi) is 9.97. The quantitative estimate of drug-likeness (QED) is 0.350. The van der Waals surface area contributed by atoms with Crippen molar-refractivity contribution in [3.05, 3.63) is 57.6 Å². The van der Waals surface area contributed by atoms with Gasteiger partial charge in [0.1, 0.15) is 5.75 Å². The van der Waals surface area contributed by atoms with Gasteiger partial charge in [-0.05, 0) is 93.4 Å². The molecule has 0 spiro atoms. The van der Waals surface area contributed by atoms with Crippen LogP contribution in [0.15, 0.2) is 36.4 Å². The fraction of sp³-hybridized carbons (Fsp3) is 0.581. The van der Waals surface area contributed by atoms with E-state index in [4.69, 9.17) is 27.9 Å². The zero-order valence-electron chi connectivity index (χ0n) is 24.6. The molecule has 0 saturated carbocycles. The average Bonchev–Trinajstić information content (AvgIpc) is 2.92. The molecule has 1 N–H and O–H groups in total. The Morgan fingerprint density at radius 1 is 1.07 bits per heavy atom. The zero-order chi connectivity index (χ0) is 30.9. The number of piperidine rings is 2. The summed E-state index contributed by atoms with van der Waals surface area (Å²) in [4.78, 5) is 18.9. The highest BCUT2D eigenvalue weighted by atomic mass is 35.5. The molecule has 2 aromatic carbocycles. The maximum absolute atomic E-state index is 14.3. The van der Waals surface area contributed by atoms with Crippen LogP contribution in [0.2, 0.25) is 10.0 Å². The highest BCUT2D eigenvalue weighted by Crippen LogP contribution is 2.45. The minimum Gasteiger partial charge on any atom is -0.497 e. The van der Waals surface area contributed by atoms with Gasteiger partial charge in [-0.2, -0.15) is 13.2 Å². The number of halogens is 5. The van der Waals surface area contributed by atoms with Crippen LogP contribution in [-0.4, -0.2) is 74.4 Å². The number of aliphatic hydroxyl groups is 1. The smallest absolute Gasteiger partial charge is 0.430 e. The number of hydrogen-bond donors (Lipinski definition) is 1. The summed E-state index contributed by atoms with van der Waals surface area (Å²) >= 11 is 12.5. The third kappa shape index (κ3) is 7.12. The highest BCUT2D eigenvalue weighted by molar-refractivity contribution is 6.31. The van der Waals surface area contributed by atoms with Crippen LogP contribution < -0.4 is 9.64 Å². The molecule has 2 saturated heterocycles. The number of ether oxygens (including phenoxy) is 1. The molecule has 2 fully saturated rings. The molecule has 2 aliphatic rings. The summed E-state index contributed by atoms with van der Waals surface area (Å²) in [6, 6.07) is 9.53. The molecule has 1 amide bonds. The second-order valence-corrected chi connectivity index (χ2v) is 13.2. The Hall–Kier alpha value is -2.20. The van der Waals surface area contributed by atoms with E-state index >= 15 is 0 Å². The third-order valence-electron chi connectivity index (χ3n) is 8.79. The number of likely N-dealkylation sites (tertiary alicyclic amines) is 1. The topological polar surface area (TPSA) is 56.3 Å². The molecule has 11 heteroatoms. The Balaban J connectivity index is 1.36. The predicted octanol–water partition coefficient (Wildman–Crippen LogP) is 6.75. The lowest BCUT2D eigenvalue weighted by atomic mass is 9.71. The first kappa shape index (κ1) is 32.7. The molecular formula is C31H40Cl2F3N3O3. The number of anilines is 1. The SMILES string of the molecule is COc1cc(Cl)cc(C(O)(C(=O)N2CCC(C)(CC3CCN(c4ccc(CN(C)C)c(Cl)c4)CC3)CC2)C(F)(F)F)c1. The molecule has 0 aliphatic carbocycles. The minimum atomic E-state index is -5.24. The molecule has 2 aliphatic heterocycles. The average molecular weight is 631 g/mol. The normalized spacial score (nSPS) is 19.6. The first-order valence-corrected chi connectivity index (χ1v) is 15.0. The molecule has 2 heterocycles. The summed E-state index contributed by atoms with van der Waals surface area (Å²) in [5.74, 6) is -0.873. The number of carbonyl (C=O) groups excluding carboxylic acids is 1. The number of hydrogen-bond acceptors (Lipinski definition) is 5. The Bertz CT molecular complexity index is 1260. The van der Waals surface area contributed by atoms with Gasteiger partial charge >= 0.3 is 6.18 Å². The summed E-state index contributed by atoms with van der Waals surface area (Å²) in [6.07, 6.45) is -1.14. The molecule has 6 nitrogen and oxygen atoms in total. The fourth-order valence-corrected chi connectivity index (χ4v) is 6.73. The van der Waals surface area contributed by atoms with E-state index in [1.165, 1.54) is 13.2 Å². The van der Waals surface area contributed by atoms with Crippen LogP contribution in [0.25, 0.3) is 0 Å². The Morgan fingerprint density at radius 3 is 2.26 bits per heavy atom. The van der Waals surface area contributed by atoms with E-state index in [1.807, 2.05) is 20.2 Å². The zero-order valence-corrected chi connectivity index (χ0v) is 26.1. The molecule has 2 aromatic rings. The Morgan fingerprint density at radius 2 is 1.71 bits per heavy atom.